The maximum absolute atomic E-state index is 12.2. The molecule has 0 saturated carbocycles. The molecule has 92 valence electrons. The molecule has 17 heavy (non-hydrogen) atoms. The topological polar surface area (TPSA) is 79.5 Å². The smallest absolute Gasteiger partial charge is 0.254 e. The molecule has 1 saturated heterocycles. The zero-order chi connectivity index (χ0) is 12.3. The van der Waals surface area contributed by atoms with Crippen molar-refractivity contribution in [3.63, 3.8) is 0 Å². The maximum atomic E-state index is 12.2. The highest BCUT2D eigenvalue weighted by atomic mass is 16.3. The molecule has 5 heteroatoms. The molecule has 1 fully saturated rings. The molecular formula is C12H17N3O2. The quantitative estimate of drug-likeness (QED) is 0.781. The number of hydrogen-bond donors (Lipinski definition) is 2. The predicted molar refractivity (Wildman–Crippen MR) is 63.3 cm³/mol. The molecule has 0 aromatic carbocycles. The van der Waals surface area contributed by atoms with E-state index in [2.05, 4.69) is 4.98 Å². The Morgan fingerprint density at radius 1 is 1.65 bits per heavy atom. The number of aliphatic hydroxyl groups excluding tert-OH is 1. The summed E-state index contributed by atoms with van der Waals surface area (Å²) in [6.07, 6.45) is 3.42. The van der Waals surface area contributed by atoms with Crippen molar-refractivity contribution >= 4 is 5.91 Å². The molecule has 1 aliphatic heterocycles. The van der Waals surface area contributed by atoms with Crippen LogP contribution in [0.3, 0.4) is 0 Å². The summed E-state index contributed by atoms with van der Waals surface area (Å²) in [5.41, 5.74) is 6.80. The van der Waals surface area contributed by atoms with Gasteiger partial charge >= 0.3 is 0 Å². The van der Waals surface area contributed by atoms with Crippen LogP contribution in [0.5, 0.6) is 0 Å². The van der Waals surface area contributed by atoms with E-state index in [-0.39, 0.29) is 18.6 Å². The number of likely N-dealkylation sites (tertiary alicyclic amines) is 1. The van der Waals surface area contributed by atoms with Crippen LogP contribution in [-0.4, -0.2) is 40.1 Å². The van der Waals surface area contributed by atoms with E-state index in [4.69, 9.17) is 5.73 Å². The lowest BCUT2D eigenvalue weighted by Crippen LogP contribution is -2.37. The van der Waals surface area contributed by atoms with Crippen LogP contribution in [0, 0.1) is 0 Å². The Hall–Kier alpha value is -1.46. The molecule has 1 amide bonds. The highest BCUT2D eigenvalue weighted by Crippen LogP contribution is 2.19. The fourth-order valence-corrected chi connectivity index (χ4v) is 2.18. The number of amides is 1. The van der Waals surface area contributed by atoms with Gasteiger partial charge in [-0.25, -0.2) is 0 Å². The largest absolute Gasteiger partial charge is 0.394 e. The average molecular weight is 235 g/mol. The van der Waals surface area contributed by atoms with E-state index in [1.54, 1.807) is 23.2 Å². The van der Waals surface area contributed by atoms with Gasteiger partial charge in [0.25, 0.3) is 5.91 Å². The molecule has 5 nitrogen and oxygen atoms in total. The fraction of sp³-hybridized carbons (Fsp3) is 0.500. The van der Waals surface area contributed by atoms with Crippen molar-refractivity contribution in [2.24, 2.45) is 5.73 Å². The number of carbonyl (C=O) groups is 1. The summed E-state index contributed by atoms with van der Waals surface area (Å²) in [4.78, 5) is 18.0. The van der Waals surface area contributed by atoms with Crippen LogP contribution in [-0.2, 0) is 6.54 Å². The monoisotopic (exact) mass is 235 g/mol. The molecule has 2 heterocycles. The van der Waals surface area contributed by atoms with E-state index >= 15 is 0 Å². The minimum atomic E-state index is -0.0445. The van der Waals surface area contributed by atoms with Gasteiger partial charge in [-0.15, -0.1) is 0 Å². The number of carbonyl (C=O) groups excluding carboxylic acids is 1. The summed E-state index contributed by atoms with van der Waals surface area (Å²) >= 11 is 0. The number of pyridine rings is 1. The van der Waals surface area contributed by atoms with Crippen molar-refractivity contribution in [3.05, 3.63) is 29.6 Å². The fourth-order valence-electron chi connectivity index (χ4n) is 2.18. The van der Waals surface area contributed by atoms with Gasteiger partial charge in [0.15, 0.2) is 0 Å². The van der Waals surface area contributed by atoms with Crippen molar-refractivity contribution in [2.45, 2.75) is 25.4 Å². The third kappa shape index (κ3) is 2.45. The Morgan fingerprint density at radius 2 is 2.47 bits per heavy atom. The molecule has 1 aromatic rings. The van der Waals surface area contributed by atoms with Crippen molar-refractivity contribution < 1.29 is 9.90 Å². The minimum Gasteiger partial charge on any atom is -0.394 e. The lowest BCUT2D eigenvalue weighted by molar-refractivity contribution is 0.0677. The molecule has 0 radical (unpaired) electrons. The first kappa shape index (κ1) is 12.0. The van der Waals surface area contributed by atoms with Crippen LogP contribution < -0.4 is 5.73 Å². The maximum Gasteiger partial charge on any atom is 0.254 e. The van der Waals surface area contributed by atoms with E-state index < -0.39 is 0 Å². The van der Waals surface area contributed by atoms with Gasteiger partial charge in [0, 0.05) is 24.8 Å². The Bertz CT molecular complexity index is 408. The predicted octanol–water partition coefficient (Wildman–Crippen LogP) is 0.137. The summed E-state index contributed by atoms with van der Waals surface area (Å²) in [6.45, 7) is 1.06. The molecule has 1 aromatic heterocycles. The lowest BCUT2D eigenvalue weighted by atomic mass is 10.2. The van der Waals surface area contributed by atoms with Crippen LogP contribution in [0.15, 0.2) is 18.3 Å². The standard InChI is InChI=1S/C12H17N3O2/c13-7-10-6-9(3-4-14-10)12(17)15-5-1-2-11(15)8-16/h3-4,6,11,16H,1-2,5,7-8,13H2. The van der Waals surface area contributed by atoms with E-state index in [9.17, 15) is 9.90 Å². The Labute approximate surface area is 100 Å². The molecule has 3 N–H and O–H groups in total. The molecule has 2 rings (SSSR count). The van der Waals surface area contributed by atoms with Gasteiger partial charge < -0.3 is 15.7 Å². The summed E-state index contributed by atoms with van der Waals surface area (Å²) in [6, 6.07) is 3.36. The first-order chi connectivity index (χ1) is 8.26. The highest BCUT2D eigenvalue weighted by Gasteiger charge is 2.28. The second-order valence-corrected chi connectivity index (χ2v) is 4.22. The molecule has 0 aliphatic carbocycles. The van der Waals surface area contributed by atoms with Gasteiger partial charge in [0.2, 0.25) is 0 Å². The normalized spacial score (nSPS) is 19.6. The third-order valence-corrected chi connectivity index (χ3v) is 3.12. The second kappa shape index (κ2) is 5.25. The molecule has 0 bridgehead atoms. The zero-order valence-electron chi connectivity index (χ0n) is 9.67. The highest BCUT2D eigenvalue weighted by molar-refractivity contribution is 5.94. The first-order valence-corrected chi connectivity index (χ1v) is 5.83. The van der Waals surface area contributed by atoms with Gasteiger partial charge in [0.05, 0.1) is 18.3 Å². The summed E-state index contributed by atoms with van der Waals surface area (Å²) < 4.78 is 0. The number of rotatable bonds is 3. The van der Waals surface area contributed by atoms with Crippen LogP contribution in [0.25, 0.3) is 0 Å². The number of nitrogens with two attached hydrogens (primary N) is 1. The summed E-state index contributed by atoms with van der Waals surface area (Å²) in [5, 5.41) is 9.21. The Balaban J connectivity index is 2.18. The summed E-state index contributed by atoms with van der Waals surface area (Å²) in [5.74, 6) is -0.0429. The number of hydrogen-bond acceptors (Lipinski definition) is 4. The van der Waals surface area contributed by atoms with Crippen LogP contribution in [0.4, 0.5) is 0 Å². The lowest BCUT2D eigenvalue weighted by Gasteiger charge is -2.23. The minimum absolute atomic E-state index is 0.0283. The number of aromatic nitrogens is 1. The molecule has 1 atom stereocenters. The summed E-state index contributed by atoms with van der Waals surface area (Å²) in [7, 11) is 0. The van der Waals surface area contributed by atoms with Gasteiger partial charge in [-0.1, -0.05) is 0 Å². The van der Waals surface area contributed by atoms with Crippen LogP contribution in [0.1, 0.15) is 28.9 Å². The third-order valence-electron chi connectivity index (χ3n) is 3.12. The van der Waals surface area contributed by atoms with Crippen LogP contribution >= 0.6 is 0 Å². The van der Waals surface area contributed by atoms with Gasteiger partial charge in [-0.05, 0) is 25.0 Å². The molecule has 1 unspecified atom stereocenters. The zero-order valence-corrected chi connectivity index (χ0v) is 9.67. The van der Waals surface area contributed by atoms with Gasteiger partial charge in [-0.2, -0.15) is 0 Å². The van der Waals surface area contributed by atoms with Crippen molar-refractivity contribution in [1.82, 2.24) is 9.88 Å². The number of aliphatic hydroxyl groups is 1. The Kier molecular flexibility index (Phi) is 3.71. The number of nitrogens with zero attached hydrogens (tertiary/aromatic N) is 2. The second-order valence-electron chi connectivity index (χ2n) is 4.22. The van der Waals surface area contributed by atoms with Gasteiger partial charge in [-0.3, -0.25) is 9.78 Å². The average Bonchev–Trinajstić information content (AvgIpc) is 2.86. The van der Waals surface area contributed by atoms with Crippen molar-refractivity contribution in [2.75, 3.05) is 13.2 Å². The first-order valence-electron chi connectivity index (χ1n) is 5.83. The Morgan fingerprint density at radius 3 is 3.18 bits per heavy atom. The molecule has 0 spiro atoms. The van der Waals surface area contributed by atoms with E-state index in [0.717, 1.165) is 12.8 Å². The van der Waals surface area contributed by atoms with E-state index in [1.807, 2.05) is 0 Å². The van der Waals surface area contributed by atoms with Crippen LogP contribution in [0.2, 0.25) is 0 Å². The molecular weight excluding hydrogens is 218 g/mol. The SMILES string of the molecule is NCc1cc(C(=O)N2CCCC2CO)ccn1. The van der Waals surface area contributed by atoms with E-state index in [0.29, 0.717) is 24.3 Å². The van der Waals surface area contributed by atoms with Crippen molar-refractivity contribution in [3.8, 4) is 0 Å². The molecule has 1 aliphatic rings. The van der Waals surface area contributed by atoms with Gasteiger partial charge in [0.1, 0.15) is 0 Å². The van der Waals surface area contributed by atoms with Crippen molar-refractivity contribution in [1.29, 1.82) is 0 Å². The van der Waals surface area contributed by atoms with E-state index in [1.165, 1.54) is 0 Å².